The number of carbonyl (C=O) groups excluding carboxylic acids is 2. The maximum atomic E-state index is 12.0. The van der Waals surface area contributed by atoms with Crippen molar-refractivity contribution in [1.82, 2.24) is 16.0 Å². The summed E-state index contributed by atoms with van der Waals surface area (Å²) in [5, 5.41) is 8.47. The van der Waals surface area contributed by atoms with E-state index in [1.165, 1.54) is 5.56 Å². The normalized spacial score (nSPS) is 15.3. The number of rotatable bonds is 3. The van der Waals surface area contributed by atoms with E-state index in [0.29, 0.717) is 5.56 Å². The molecule has 2 amide bonds. The number of hydrogen-bond donors (Lipinski definition) is 3. The number of benzene rings is 1. The zero-order valence-electron chi connectivity index (χ0n) is 11.2. The lowest BCUT2D eigenvalue weighted by Gasteiger charge is -2.18. The monoisotopic (exact) mass is 261 g/mol. The minimum Gasteiger partial charge on any atom is -0.357 e. The van der Waals surface area contributed by atoms with Crippen LogP contribution in [0.2, 0.25) is 0 Å². The summed E-state index contributed by atoms with van der Waals surface area (Å²) in [6, 6.07) is 5.17. The van der Waals surface area contributed by atoms with E-state index >= 15 is 0 Å². The van der Waals surface area contributed by atoms with Crippen LogP contribution in [0.4, 0.5) is 0 Å². The van der Waals surface area contributed by atoms with Crippen LogP contribution in [0, 0.1) is 0 Å². The standard InChI is InChI=1S/C14H19N3O2/c1-9(13(18)15-2)17-14(19)11-4-3-10-5-6-16-8-12(10)7-11/h3-4,7,9,16H,5-6,8H2,1-2H3,(H,15,18)(H,17,19). The minimum atomic E-state index is -0.536. The van der Waals surface area contributed by atoms with Gasteiger partial charge in [-0.3, -0.25) is 9.59 Å². The van der Waals surface area contributed by atoms with Crippen molar-refractivity contribution in [2.75, 3.05) is 13.6 Å². The first-order valence-corrected chi connectivity index (χ1v) is 6.47. The van der Waals surface area contributed by atoms with E-state index in [1.807, 2.05) is 18.2 Å². The van der Waals surface area contributed by atoms with Crippen LogP contribution in [0.5, 0.6) is 0 Å². The molecule has 1 aliphatic heterocycles. The molecule has 5 nitrogen and oxygen atoms in total. The smallest absolute Gasteiger partial charge is 0.251 e. The Hall–Kier alpha value is -1.88. The van der Waals surface area contributed by atoms with Crippen molar-refractivity contribution < 1.29 is 9.59 Å². The predicted octanol–water partition coefficient (Wildman–Crippen LogP) is 0.197. The first-order chi connectivity index (χ1) is 9.11. The van der Waals surface area contributed by atoms with Gasteiger partial charge in [0.2, 0.25) is 5.91 Å². The Morgan fingerprint density at radius 1 is 1.32 bits per heavy atom. The summed E-state index contributed by atoms with van der Waals surface area (Å²) < 4.78 is 0. The van der Waals surface area contributed by atoms with E-state index in [1.54, 1.807) is 14.0 Å². The molecule has 0 saturated carbocycles. The zero-order chi connectivity index (χ0) is 13.8. The molecular weight excluding hydrogens is 242 g/mol. The van der Waals surface area contributed by atoms with Gasteiger partial charge in [-0.05, 0) is 43.1 Å². The summed E-state index contributed by atoms with van der Waals surface area (Å²) in [6.45, 7) is 3.43. The van der Waals surface area contributed by atoms with Crippen molar-refractivity contribution in [3.63, 3.8) is 0 Å². The van der Waals surface area contributed by atoms with Gasteiger partial charge in [-0.2, -0.15) is 0 Å². The highest BCUT2D eigenvalue weighted by atomic mass is 16.2. The molecule has 19 heavy (non-hydrogen) atoms. The molecular formula is C14H19N3O2. The number of carbonyl (C=O) groups is 2. The van der Waals surface area contributed by atoms with Crippen LogP contribution in [0.25, 0.3) is 0 Å². The number of fused-ring (bicyclic) bond motifs is 1. The van der Waals surface area contributed by atoms with Gasteiger partial charge in [0.1, 0.15) is 6.04 Å². The van der Waals surface area contributed by atoms with Gasteiger partial charge in [0.15, 0.2) is 0 Å². The summed E-state index contributed by atoms with van der Waals surface area (Å²) in [5.74, 6) is -0.419. The fraction of sp³-hybridized carbons (Fsp3) is 0.429. The Kier molecular flexibility index (Phi) is 4.16. The second-order valence-corrected chi connectivity index (χ2v) is 4.72. The van der Waals surface area contributed by atoms with Crippen molar-refractivity contribution in [2.45, 2.75) is 25.9 Å². The van der Waals surface area contributed by atoms with Crippen molar-refractivity contribution in [3.05, 3.63) is 34.9 Å². The van der Waals surface area contributed by atoms with Crippen LogP contribution >= 0.6 is 0 Å². The van der Waals surface area contributed by atoms with Crippen LogP contribution in [-0.4, -0.2) is 31.4 Å². The van der Waals surface area contributed by atoms with Crippen LogP contribution in [0.3, 0.4) is 0 Å². The second-order valence-electron chi connectivity index (χ2n) is 4.72. The maximum absolute atomic E-state index is 12.0. The molecule has 1 atom stereocenters. The molecule has 1 heterocycles. The van der Waals surface area contributed by atoms with E-state index in [4.69, 9.17) is 0 Å². The quantitative estimate of drug-likeness (QED) is 0.728. The first-order valence-electron chi connectivity index (χ1n) is 6.47. The second kappa shape index (κ2) is 5.84. The fourth-order valence-corrected chi connectivity index (χ4v) is 2.18. The molecule has 1 aliphatic rings. The number of amides is 2. The molecule has 1 aromatic carbocycles. The van der Waals surface area contributed by atoms with Gasteiger partial charge >= 0.3 is 0 Å². The van der Waals surface area contributed by atoms with Gasteiger partial charge in [-0.1, -0.05) is 6.07 Å². The lowest BCUT2D eigenvalue weighted by molar-refractivity contribution is -0.122. The Labute approximate surface area is 112 Å². The molecule has 0 aromatic heterocycles. The van der Waals surface area contributed by atoms with E-state index < -0.39 is 6.04 Å². The number of hydrogen-bond acceptors (Lipinski definition) is 3. The molecule has 0 radical (unpaired) electrons. The molecule has 5 heteroatoms. The molecule has 0 saturated heterocycles. The maximum Gasteiger partial charge on any atom is 0.251 e. The molecule has 1 aromatic rings. The van der Waals surface area contributed by atoms with E-state index in [9.17, 15) is 9.59 Å². The Bertz CT molecular complexity index is 499. The summed E-state index contributed by atoms with van der Waals surface area (Å²) in [4.78, 5) is 23.4. The van der Waals surface area contributed by atoms with Crippen molar-refractivity contribution in [3.8, 4) is 0 Å². The third-order valence-corrected chi connectivity index (χ3v) is 3.34. The van der Waals surface area contributed by atoms with Crippen LogP contribution in [0.1, 0.15) is 28.4 Å². The van der Waals surface area contributed by atoms with E-state index in [-0.39, 0.29) is 11.8 Å². The third-order valence-electron chi connectivity index (χ3n) is 3.34. The summed E-state index contributed by atoms with van der Waals surface area (Å²) in [5.41, 5.74) is 3.04. The van der Waals surface area contributed by atoms with Crippen molar-refractivity contribution >= 4 is 11.8 Å². The molecule has 2 rings (SSSR count). The summed E-state index contributed by atoms with van der Waals surface area (Å²) >= 11 is 0. The Morgan fingerprint density at radius 3 is 2.84 bits per heavy atom. The van der Waals surface area contributed by atoms with Crippen LogP contribution < -0.4 is 16.0 Å². The summed E-state index contributed by atoms with van der Waals surface area (Å²) in [7, 11) is 1.55. The van der Waals surface area contributed by atoms with Gasteiger partial charge in [0.05, 0.1) is 0 Å². The number of likely N-dealkylation sites (N-methyl/N-ethyl adjacent to an activating group) is 1. The minimum absolute atomic E-state index is 0.201. The van der Waals surface area contributed by atoms with E-state index in [0.717, 1.165) is 25.1 Å². The van der Waals surface area contributed by atoms with Crippen molar-refractivity contribution in [1.29, 1.82) is 0 Å². The molecule has 1 unspecified atom stereocenters. The highest BCUT2D eigenvalue weighted by Gasteiger charge is 2.17. The fourth-order valence-electron chi connectivity index (χ4n) is 2.18. The Balaban J connectivity index is 2.09. The highest BCUT2D eigenvalue weighted by molar-refractivity contribution is 5.97. The average Bonchev–Trinajstić information content (AvgIpc) is 2.45. The molecule has 0 bridgehead atoms. The van der Waals surface area contributed by atoms with Gasteiger partial charge in [0, 0.05) is 19.2 Å². The molecule has 3 N–H and O–H groups in total. The first kappa shape index (κ1) is 13.5. The number of nitrogens with one attached hydrogen (secondary N) is 3. The summed E-state index contributed by atoms with van der Waals surface area (Å²) in [6.07, 6.45) is 0.992. The topological polar surface area (TPSA) is 70.2 Å². The van der Waals surface area contributed by atoms with Crippen LogP contribution in [-0.2, 0) is 17.8 Å². The van der Waals surface area contributed by atoms with Crippen molar-refractivity contribution in [2.24, 2.45) is 0 Å². The van der Waals surface area contributed by atoms with E-state index in [2.05, 4.69) is 16.0 Å². The zero-order valence-corrected chi connectivity index (χ0v) is 11.2. The lowest BCUT2D eigenvalue weighted by atomic mass is 9.98. The van der Waals surface area contributed by atoms with Gasteiger partial charge in [0.25, 0.3) is 5.91 Å². The highest BCUT2D eigenvalue weighted by Crippen LogP contribution is 2.15. The van der Waals surface area contributed by atoms with Gasteiger partial charge < -0.3 is 16.0 Å². The van der Waals surface area contributed by atoms with Gasteiger partial charge in [-0.15, -0.1) is 0 Å². The SMILES string of the molecule is CNC(=O)C(C)NC(=O)c1ccc2c(c1)CNCC2. The molecule has 0 aliphatic carbocycles. The van der Waals surface area contributed by atoms with Gasteiger partial charge in [-0.25, -0.2) is 0 Å². The largest absolute Gasteiger partial charge is 0.357 e. The molecule has 0 spiro atoms. The van der Waals surface area contributed by atoms with Crippen LogP contribution in [0.15, 0.2) is 18.2 Å². The lowest BCUT2D eigenvalue weighted by Crippen LogP contribution is -2.43. The predicted molar refractivity (Wildman–Crippen MR) is 72.8 cm³/mol. The molecule has 102 valence electrons. The third kappa shape index (κ3) is 3.12. The Morgan fingerprint density at radius 2 is 2.11 bits per heavy atom. The average molecular weight is 261 g/mol. The molecule has 0 fully saturated rings.